The highest BCUT2D eigenvalue weighted by molar-refractivity contribution is 6.12. The van der Waals surface area contributed by atoms with E-state index in [2.05, 4.69) is 10.4 Å². The molecule has 0 bridgehead atoms. The SMILES string of the molecule is CCOC(=O)c1cc2n(n1)C[C@](C)(C(=O)NC1CCCCC1)N(c1ccc3c(c1)OCO3)C2=O. The summed E-state index contributed by atoms with van der Waals surface area (Å²) in [6, 6.07) is 6.64. The molecule has 1 atom stereocenters. The maximum atomic E-state index is 13.8. The highest BCUT2D eigenvalue weighted by atomic mass is 16.7. The van der Waals surface area contributed by atoms with Gasteiger partial charge < -0.3 is 19.5 Å². The molecule has 2 aliphatic heterocycles. The summed E-state index contributed by atoms with van der Waals surface area (Å²) in [5.74, 6) is -0.221. The standard InChI is InChI=1S/C24H28N4O6/c1-3-32-22(30)17-12-18-21(29)28(16-9-10-19-20(11-16)34-14-33-19)24(2,13-27(18)26-17)23(31)25-15-7-5-4-6-8-15/h9-12,15H,3-8,13-14H2,1-2H3,(H,25,31)/t24-/m1/s1. The molecular weight excluding hydrogens is 440 g/mol. The predicted molar refractivity (Wildman–Crippen MR) is 121 cm³/mol. The molecule has 0 saturated heterocycles. The maximum Gasteiger partial charge on any atom is 0.358 e. The third kappa shape index (κ3) is 3.76. The predicted octanol–water partition coefficient (Wildman–Crippen LogP) is 2.66. The van der Waals surface area contributed by atoms with E-state index in [1.165, 1.54) is 22.1 Å². The molecule has 10 nitrogen and oxygen atoms in total. The van der Waals surface area contributed by atoms with Crippen molar-refractivity contribution in [2.75, 3.05) is 18.3 Å². The fourth-order valence-corrected chi connectivity index (χ4v) is 4.90. The van der Waals surface area contributed by atoms with Crippen molar-refractivity contribution in [3.8, 4) is 11.5 Å². The van der Waals surface area contributed by atoms with E-state index in [0.717, 1.165) is 25.7 Å². The summed E-state index contributed by atoms with van der Waals surface area (Å²) in [6.45, 7) is 3.80. The van der Waals surface area contributed by atoms with Crippen LogP contribution in [0.15, 0.2) is 24.3 Å². The van der Waals surface area contributed by atoms with Gasteiger partial charge in [0.25, 0.3) is 5.91 Å². The van der Waals surface area contributed by atoms with Gasteiger partial charge in [0, 0.05) is 23.9 Å². The molecule has 1 fully saturated rings. The fraction of sp³-hybridized carbons (Fsp3) is 0.500. The minimum absolute atomic E-state index is 0.0350. The number of rotatable bonds is 5. The first-order valence-electron chi connectivity index (χ1n) is 11.7. The van der Waals surface area contributed by atoms with E-state index in [-0.39, 0.29) is 43.3 Å². The van der Waals surface area contributed by atoms with E-state index < -0.39 is 17.4 Å². The van der Waals surface area contributed by atoms with Crippen LogP contribution in [0.4, 0.5) is 5.69 Å². The molecule has 0 spiro atoms. The molecule has 2 amide bonds. The molecule has 3 aliphatic rings. The van der Waals surface area contributed by atoms with Crippen LogP contribution < -0.4 is 19.7 Å². The third-order valence-electron chi connectivity index (χ3n) is 6.68. The summed E-state index contributed by atoms with van der Waals surface area (Å²) in [5.41, 5.74) is -0.537. The van der Waals surface area contributed by atoms with Crippen molar-refractivity contribution in [2.45, 2.75) is 64.1 Å². The van der Waals surface area contributed by atoms with Gasteiger partial charge in [0.1, 0.15) is 11.2 Å². The average molecular weight is 469 g/mol. The Morgan fingerprint density at radius 1 is 1.18 bits per heavy atom. The highest BCUT2D eigenvalue weighted by Crippen LogP contribution is 2.40. The van der Waals surface area contributed by atoms with Crippen LogP contribution in [0, 0.1) is 0 Å². The number of esters is 1. The van der Waals surface area contributed by atoms with Gasteiger partial charge in [-0.05, 0) is 38.8 Å². The van der Waals surface area contributed by atoms with E-state index in [4.69, 9.17) is 14.2 Å². The van der Waals surface area contributed by atoms with Gasteiger partial charge in [-0.15, -0.1) is 0 Å². The minimum atomic E-state index is -1.28. The van der Waals surface area contributed by atoms with Crippen LogP contribution in [0.25, 0.3) is 0 Å². The van der Waals surface area contributed by atoms with Gasteiger partial charge in [0.15, 0.2) is 17.2 Å². The van der Waals surface area contributed by atoms with E-state index in [9.17, 15) is 14.4 Å². The van der Waals surface area contributed by atoms with Crippen LogP contribution in [-0.2, 0) is 16.1 Å². The number of fused-ring (bicyclic) bond motifs is 2. The smallest absolute Gasteiger partial charge is 0.358 e. The molecule has 1 aliphatic carbocycles. The van der Waals surface area contributed by atoms with Crippen molar-refractivity contribution in [1.29, 1.82) is 0 Å². The molecule has 1 aromatic heterocycles. The zero-order valence-electron chi connectivity index (χ0n) is 19.3. The molecule has 1 N–H and O–H groups in total. The summed E-state index contributed by atoms with van der Waals surface area (Å²) in [4.78, 5) is 41.2. The summed E-state index contributed by atoms with van der Waals surface area (Å²) >= 11 is 0. The number of ether oxygens (including phenoxy) is 3. The minimum Gasteiger partial charge on any atom is -0.461 e. The van der Waals surface area contributed by atoms with Crippen molar-refractivity contribution in [3.05, 3.63) is 35.7 Å². The number of hydrogen-bond donors (Lipinski definition) is 1. The van der Waals surface area contributed by atoms with Crippen molar-refractivity contribution in [2.24, 2.45) is 0 Å². The zero-order valence-corrected chi connectivity index (χ0v) is 19.3. The number of nitrogens with one attached hydrogen (secondary N) is 1. The molecule has 0 unspecified atom stereocenters. The van der Waals surface area contributed by atoms with Crippen LogP contribution in [0.3, 0.4) is 0 Å². The van der Waals surface area contributed by atoms with Gasteiger partial charge in [-0.1, -0.05) is 19.3 Å². The first kappa shape index (κ1) is 22.2. The van der Waals surface area contributed by atoms with E-state index >= 15 is 0 Å². The lowest BCUT2D eigenvalue weighted by Crippen LogP contribution is -2.65. The lowest BCUT2D eigenvalue weighted by Gasteiger charge is -2.44. The fourth-order valence-electron chi connectivity index (χ4n) is 4.90. The highest BCUT2D eigenvalue weighted by Gasteiger charge is 2.49. The van der Waals surface area contributed by atoms with Gasteiger partial charge in [0.2, 0.25) is 12.7 Å². The van der Waals surface area contributed by atoms with E-state index in [0.29, 0.717) is 17.2 Å². The number of amides is 2. The van der Waals surface area contributed by atoms with Gasteiger partial charge in [-0.3, -0.25) is 19.2 Å². The zero-order chi connectivity index (χ0) is 23.9. The van der Waals surface area contributed by atoms with Crippen LogP contribution in [0.1, 0.15) is 66.9 Å². The van der Waals surface area contributed by atoms with E-state index in [1.807, 2.05) is 0 Å². The molecule has 0 radical (unpaired) electrons. The molecular formula is C24H28N4O6. The number of nitrogens with zero attached hydrogens (tertiary/aromatic N) is 3. The van der Waals surface area contributed by atoms with Crippen molar-refractivity contribution in [1.82, 2.24) is 15.1 Å². The molecule has 1 saturated carbocycles. The second-order valence-corrected chi connectivity index (χ2v) is 9.05. The quantitative estimate of drug-likeness (QED) is 0.672. The number of carbonyl (C=O) groups excluding carboxylic acids is 3. The Hall–Kier alpha value is -3.56. The Kier molecular flexibility index (Phi) is 5.66. The molecule has 180 valence electrons. The molecule has 2 aromatic rings. The number of benzene rings is 1. The van der Waals surface area contributed by atoms with Gasteiger partial charge in [0.05, 0.1) is 13.2 Å². The molecule has 1 aromatic carbocycles. The lowest BCUT2D eigenvalue weighted by molar-refractivity contribution is -0.127. The van der Waals surface area contributed by atoms with Crippen molar-refractivity contribution in [3.63, 3.8) is 0 Å². The second kappa shape index (κ2) is 8.66. The van der Waals surface area contributed by atoms with Gasteiger partial charge in [-0.2, -0.15) is 5.10 Å². The monoisotopic (exact) mass is 468 g/mol. The lowest BCUT2D eigenvalue weighted by atomic mass is 9.91. The number of anilines is 1. The third-order valence-corrected chi connectivity index (χ3v) is 6.68. The first-order chi connectivity index (χ1) is 16.4. The largest absolute Gasteiger partial charge is 0.461 e. The molecule has 10 heteroatoms. The number of aromatic nitrogens is 2. The Bertz CT molecular complexity index is 1140. The molecule has 3 heterocycles. The number of hydrogen-bond acceptors (Lipinski definition) is 7. The van der Waals surface area contributed by atoms with Crippen molar-refractivity contribution >= 4 is 23.5 Å². The van der Waals surface area contributed by atoms with Gasteiger partial charge in [-0.25, -0.2) is 4.79 Å². The van der Waals surface area contributed by atoms with Crippen LogP contribution in [0.2, 0.25) is 0 Å². The van der Waals surface area contributed by atoms with Gasteiger partial charge >= 0.3 is 5.97 Å². The van der Waals surface area contributed by atoms with Crippen LogP contribution >= 0.6 is 0 Å². The second-order valence-electron chi connectivity index (χ2n) is 9.05. The Morgan fingerprint density at radius 3 is 2.71 bits per heavy atom. The summed E-state index contributed by atoms with van der Waals surface area (Å²) in [6.07, 6.45) is 5.13. The topological polar surface area (TPSA) is 112 Å². The van der Waals surface area contributed by atoms with E-state index in [1.54, 1.807) is 32.0 Å². The van der Waals surface area contributed by atoms with Crippen molar-refractivity contribution < 1.29 is 28.6 Å². The Morgan fingerprint density at radius 2 is 1.94 bits per heavy atom. The normalized spacial score (nSPS) is 21.8. The maximum absolute atomic E-state index is 13.8. The number of carbonyl (C=O) groups is 3. The van der Waals surface area contributed by atoms with Crippen LogP contribution in [0.5, 0.6) is 11.5 Å². The average Bonchev–Trinajstić information content (AvgIpc) is 3.46. The Labute approximate surface area is 197 Å². The molecule has 5 rings (SSSR count). The molecule has 34 heavy (non-hydrogen) atoms. The summed E-state index contributed by atoms with van der Waals surface area (Å²) in [7, 11) is 0. The summed E-state index contributed by atoms with van der Waals surface area (Å²) < 4.78 is 17.4. The van der Waals surface area contributed by atoms with Crippen LogP contribution in [-0.4, -0.2) is 52.5 Å². The Balaban J connectivity index is 1.55. The summed E-state index contributed by atoms with van der Waals surface area (Å²) in [5, 5.41) is 7.46. The first-order valence-corrected chi connectivity index (χ1v) is 11.7.